The Morgan fingerprint density at radius 3 is 2.31 bits per heavy atom. The van der Waals surface area contributed by atoms with Crippen molar-refractivity contribution in [2.75, 3.05) is 25.8 Å². The molecular weight excluding hydrogens is 462 g/mol. The molecule has 0 radical (unpaired) electrons. The zero-order chi connectivity index (χ0) is 26.2. The van der Waals surface area contributed by atoms with Crippen LogP contribution in [0.15, 0.2) is 36.4 Å². The van der Waals surface area contributed by atoms with Crippen LogP contribution in [-0.4, -0.2) is 34.8 Å². The highest BCUT2D eigenvalue weighted by Crippen LogP contribution is 2.36. The van der Waals surface area contributed by atoms with Gasteiger partial charge in [-0.3, -0.25) is 4.79 Å². The minimum absolute atomic E-state index is 0.0142. The quantitative estimate of drug-likeness (QED) is 0.347. The summed E-state index contributed by atoms with van der Waals surface area (Å²) in [6.45, 7) is 8.38. The topological polar surface area (TPSA) is 81.7 Å². The van der Waals surface area contributed by atoms with Gasteiger partial charge in [0, 0.05) is 24.4 Å². The molecule has 0 saturated heterocycles. The third kappa shape index (κ3) is 8.88. The molecule has 6 nitrogen and oxygen atoms in total. The lowest BCUT2D eigenvalue weighted by Gasteiger charge is -2.25. The number of carbonyl (C=O) groups excluding carboxylic acids is 1. The summed E-state index contributed by atoms with van der Waals surface area (Å²) in [6.07, 6.45) is 5.59. The molecule has 1 atom stereocenters. The highest BCUT2D eigenvalue weighted by molar-refractivity contribution is 7.89. The van der Waals surface area contributed by atoms with Crippen molar-refractivity contribution < 1.29 is 22.7 Å². The molecule has 2 aromatic rings. The number of rotatable bonds is 12. The van der Waals surface area contributed by atoms with Crippen LogP contribution in [0.1, 0.15) is 82.4 Å². The minimum atomic E-state index is -3.19. The van der Waals surface area contributed by atoms with Crippen molar-refractivity contribution in [2.24, 2.45) is 0 Å². The summed E-state index contributed by atoms with van der Waals surface area (Å²) in [5.74, 6) is 1.23. The molecule has 0 bridgehead atoms. The van der Waals surface area contributed by atoms with E-state index in [0.29, 0.717) is 29.2 Å². The Bertz CT molecular complexity index is 1100. The van der Waals surface area contributed by atoms with Gasteiger partial charge in [-0.05, 0) is 46.6 Å². The molecule has 7 heteroatoms. The summed E-state index contributed by atoms with van der Waals surface area (Å²) < 4.78 is 34.7. The van der Waals surface area contributed by atoms with Gasteiger partial charge in [-0.15, -0.1) is 0 Å². The molecule has 0 fully saturated rings. The van der Waals surface area contributed by atoms with E-state index in [1.807, 2.05) is 30.3 Å². The van der Waals surface area contributed by atoms with E-state index in [4.69, 9.17) is 9.47 Å². The van der Waals surface area contributed by atoms with Crippen LogP contribution in [0.3, 0.4) is 0 Å². The lowest BCUT2D eigenvalue weighted by Crippen LogP contribution is -2.21. The number of unbranched alkanes of at least 4 members (excludes halogenated alkanes) is 2. The first-order valence-electron chi connectivity index (χ1n) is 12.2. The van der Waals surface area contributed by atoms with Crippen LogP contribution >= 0.6 is 0 Å². The fourth-order valence-corrected chi connectivity index (χ4v) is 5.12. The third-order valence-electron chi connectivity index (χ3n) is 6.06. The van der Waals surface area contributed by atoms with Crippen LogP contribution in [0.4, 0.5) is 5.69 Å². The van der Waals surface area contributed by atoms with Crippen LogP contribution < -0.4 is 14.8 Å². The molecule has 2 rings (SSSR count). The number of amides is 1. The first kappa shape index (κ1) is 28.7. The summed E-state index contributed by atoms with van der Waals surface area (Å²) in [6, 6.07) is 11.3. The van der Waals surface area contributed by atoms with Gasteiger partial charge in [0.2, 0.25) is 5.91 Å². The third-order valence-corrected chi connectivity index (χ3v) is 6.92. The zero-order valence-corrected chi connectivity index (χ0v) is 23.1. The molecule has 0 aliphatic heterocycles. The monoisotopic (exact) mass is 503 g/mol. The molecular formula is C28H41NO5S. The van der Waals surface area contributed by atoms with E-state index in [1.54, 1.807) is 20.3 Å². The molecule has 2 aromatic carbocycles. The summed E-state index contributed by atoms with van der Waals surface area (Å²) in [5.41, 5.74) is 3.06. The van der Waals surface area contributed by atoms with E-state index >= 15 is 0 Å². The maximum Gasteiger partial charge on any atom is 0.224 e. The van der Waals surface area contributed by atoms with E-state index < -0.39 is 9.84 Å². The van der Waals surface area contributed by atoms with Crippen molar-refractivity contribution in [3.05, 3.63) is 53.1 Å². The predicted molar refractivity (Wildman–Crippen MR) is 143 cm³/mol. The highest BCUT2D eigenvalue weighted by Gasteiger charge is 2.23. The first-order valence-corrected chi connectivity index (χ1v) is 14.3. The van der Waals surface area contributed by atoms with Gasteiger partial charge in [0.25, 0.3) is 0 Å². The maximum absolute atomic E-state index is 13.3. The van der Waals surface area contributed by atoms with Gasteiger partial charge < -0.3 is 14.8 Å². The van der Waals surface area contributed by atoms with Crippen molar-refractivity contribution in [1.82, 2.24) is 0 Å². The van der Waals surface area contributed by atoms with Gasteiger partial charge in [-0.25, -0.2) is 8.42 Å². The van der Waals surface area contributed by atoms with Crippen LogP contribution in [0, 0.1) is 0 Å². The average Bonchev–Trinajstić information content (AvgIpc) is 2.76. The van der Waals surface area contributed by atoms with E-state index in [0.717, 1.165) is 36.8 Å². The Labute approximate surface area is 211 Å². The Kier molecular flexibility index (Phi) is 10.2. The summed E-state index contributed by atoms with van der Waals surface area (Å²) >= 11 is 0. The minimum Gasteiger partial charge on any atom is -0.497 e. The standard InChI is InChI=1S/C28H41NO5S/c1-8-9-10-11-21(23-14-13-22(33-5)18-26(23)34-6)17-27(30)29-25-16-20(19-35(7,31)32)12-15-24(25)28(2,3)4/h12-16,18,21H,8-11,17,19H2,1-7H3,(H,29,30). The molecule has 35 heavy (non-hydrogen) atoms. The highest BCUT2D eigenvalue weighted by atomic mass is 32.2. The van der Waals surface area contributed by atoms with Gasteiger partial charge in [0.1, 0.15) is 11.5 Å². The average molecular weight is 504 g/mol. The lowest BCUT2D eigenvalue weighted by molar-refractivity contribution is -0.116. The first-order chi connectivity index (χ1) is 16.4. The molecule has 0 spiro atoms. The molecule has 194 valence electrons. The number of ether oxygens (including phenoxy) is 2. The van der Waals surface area contributed by atoms with Crippen molar-refractivity contribution in [3.63, 3.8) is 0 Å². The van der Waals surface area contributed by atoms with Crippen LogP contribution in [0.5, 0.6) is 11.5 Å². The van der Waals surface area contributed by atoms with Gasteiger partial charge in [0.15, 0.2) is 9.84 Å². The number of methoxy groups -OCH3 is 2. The van der Waals surface area contributed by atoms with Crippen LogP contribution in [-0.2, 0) is 25.8 Å². The van der Waals surface area contributed by atoms with Crippen LogP contribution in [0.2, 0.25) is 0 Å². The fourth-order valence-electron chi connectivity index (χ4n) is 4.33. The Morgan fingerprint density at radius 1 is 1.03 bits per heavy atom. The van der Waals surface area contributed by atoms with Crippen molar-refractivity contribution in [3.8, 4) is 11.5 Å². The number of hydrogen-bond acceptors (Lipinski definition) is 5. The SMILES string of the molecule is CCCCCC(CC(=O)Nc1cc(CS(C)(=O)=O)ccc1C(C)(C)C)c1ccc(OC)cc1OC. The maximum atomic E-state index is 13.3. The lowest BCUT2D eigenvalue weighted by atomic mass is 9.85. The molecule has 0 heterocycles. The molecule has 1 N–H and O–H groups in total. The molecule has 1 unspecified atom stereocenters. The van der Waals surface area contributed by atoms with E-state index in [2.05, 4.69) is 33.0 Å². The molecule has 0 aliphatic rings. The number of nitrogens with one attached hydrogen (secondary N) is 1. The Balaban J connectivity index is 2.36. The van der Waals surface area contributed by atoms with E-state index in [-0.39, 0.29) is 23.0 Å². The second-order valence-corrected chi connectivity index (χ2v) is 12.4. The smallest absolute Gasteiger partial charge is 0.224 e. The summed E-state index contributed by atoms with van der Waals surface area (Å²) in [7, 11) is 0.0568. The number of carbonyl (C=O) groups is 1. The number of hydrogen-bond donors (Lipinski definition) is 1. The Hall–Kier alpha value is -2.54. The van der Waals surface area contributed by atoms with Gasteiger partial charge in [0.05, 0.1) is 20.0 Å². The normalized spacial score (nSPS) is 12.8. The van der Waals surface area contributed by atoms with E-state index in [9.17, 15) is 13.2 Å². The summed E-state index contributed by atoms with van der Waals surface area (Å²) in [4.78, 5) is 13.3. The van der Waals surface area contributed by atoms with Crippen molar-refractivity contribution in [2.45, 2.75) is 76.9 Å². The number of benzene rings is 2. The predicted octanol–water partition coefficient (Wildman–Crippen LogP) is 6.24. The fraction of sp³-hybridized carbons (Fsp3) is 0.536. The van der Waals surface area contributed by atoms with Crippen LogP contribution in [0.25, 0.3) is 0 Å². The number of sulfone groups is 1. The Morgan fingerprint density at radius 2 is 1.74 bits per heavy atom. The molecule has 0 aromatic heterocycles. The zero-order valence-electron chi connectivity index (χ0n) is 22.2. The number of anilines is 1. The summed E-state index contributed by atoms with van der Waals surface area (Å²) in [5, 5.41) is 3.09. The van der Waals surface area contributed by atoms with Gasteiger partial charge in [-0.2, -0.15) is 0 Å². The molecule has 0 saturated carbocycles. The van der Waals surface area contributed by atoms with Crippen molar-refractivity contribution >= 4 is 21.4 Å². The largest absolute Gasteiger partial charge is 0.497 e. The molecule has 0 aliphatic carbocycles. The van der Waals surface area contributed by atoms with Gasteiger partial charge >= 0.3 is 0 Å². The second kappa shape index (κ2) is 12.4. The second-order valence-electron chi connectivity index (χ2n) is 10.3. The van der Waals surface area contributed by atoms with Gasteiger partial charge in [-0.1, -0.05) is 65.2 Å². The van der Waals surface area contributed by atoms with E-state index in [1.165, 1.54) is 6.26 Å². The van der Waals surface area contributed by atoms with Crippen molar-refractivity contribution in [1.29, 1.82) is 0 Å². The molecule has 1 amide bonds.